The number of allylic oxidation sites excluding steroid dienone is 4. The van der Waals surface area contributed by atoms with Crippen molar-refractivity contribution in [2.24, 2.45) is 0 Å². The van der Waals surface area contributed by atoms with E-state index in [1.54, 1.807) is 0 Å². The summed E-state index contributed by atoms with van der Waals surface area (Å²) in [4.78, 5) is 24.5. The van der Waals surface area contributed by atoms with Crippen molar-refractivity contribution in [3.05, 3.63) is 24.3 Å². The summed E-state index contributed by atoms with van der Waals surface area (Å²) >= 11 is 0. The number of hydrogen-bond donors (Lipinski definition) is 3. The van der Waals surface area contributed by atoms with Crippen molar-refractivity contribution in [3.63, 3.8) is 0 Å². The van der Waals surface area contributed by atoms with E-state index < -0.39 is 12.1 Å². The van der Waals surface area contributed by atoms with Gasteiger partial charge in [-0.3, -0.25) is 9.59 Å². The van der Waals surface area contributed by atoms with Crippen LogP contribution in [0.1, 0.15) is 303 Å². The summed E-state index contributed by atoms with van der Waals surface area (Å²) < 4.78 is 5.46. The molecular formula is C57H109NO5. The number of nitrogens with one attached hydrogen (secondary N) is 1. The summed E-state index contributed by atoms with van der Waals surface area (Å²) in [6.45, 7) is 4.91. The van der Waals surface area contributed by atoms with Gasteiger partial charge < -0.3 is 20.3 Å². The number of carbonyl (C=O) groups is 2. The summed E-state index contributed by atoms with van der Waals surface area (Å²) in [6, 6.07) is -0.552. The average Bonchev–Trinajstić information content (AvgIpc) is 3.28. The Morgan fingerprint density at radius 1 is 0.444 bits per heavy atom. The van der Waals surface area contributed by atoms with Gasteiger partial charge in [-0.2, -0.15) is 0 Å². The number of rotatable bonds is 52. The molecule has 0 aromatic rings. The van der Waals surface area contributed by atoms with Gasteiger partial charge in [0.05, 0.1) is 25.4 Å². The summed E-state index contributed by atoms with van der Waals surface area (Å²) in [6.07, 6.45) is 62.9. The van der Waals surface area contributed by atoms with E-state index in [1.165, 1.54) is 212 Å². The number of amides is 1. The quantitative estimate of drug-likeness (QED) is 0.0321. The zero-order chi connectivity index (χ0) is 45.8. The van der Waals surface area contributed by atoms with Crippen molar-refractivity contribution >= 4 is 11.9 Å². The molecule has 0 bridgehead atoms. The van der Waals surface area contributed by atoms with E-state index in [9.17, 15) is 19.8 Å². The molecule has 0 fully saturated rings. The maximum absolute atomic E-state index is 12.5. The standard InChI is InChI=1S/C57H109NO5/c1-3-5-7-9-11-13-15-17-19-21-22-25-29-33-37-41-45-49-55(60)54(53-59)58-56(61)50-46-42-38-34-30-26-24-28-32-36-40-44-48-52-63-57(62)51-47-43-39-35-31-27-23-20-18-16-14-12-10-8-6-4-2/h14,16,20,23,54-55,59-60H,3-13,15,17-19,21-22,24-53H2,1-2H3,(H,58,61)/b16-14-,23-20-. The second-order valence-corrected chi connectivity index (χ2v) is 19.3. The predicted molar refractivity (Wildman–Crippen MR) is 273 cm³/mol. The Balaban J connectivity index is 3.46. The van der Waals surface area contributed by atoms with Crippen LogP contribution in [0.2, 0.25) is 0 Å². The molecule has 1 amide bonds. The lowest BCUT2D eigenvalue weighted by Gasteiger charge is -2.22. The highest BCUT2D eigenvalue weighted by atomic mass is 16.5. The molecule has 0 saturated carbocycles. The first-order valence-corrected chi connectivity index (χ1v) is 28.1. The van der Waals surface area contributed by atoms with Crippen molar-refractivity contribution in [1.29, 1.82) is 0 Å². The average molecular weight is 889 g/mol. The summed E-state index contributed by atoms with van der Waals surface area (Å²) in [5.74, 6) is -0.0652. The van der Waals surface area contributed by atoms with Crippen LogP contribution in [0, 0.1) is 0 Å². The van der Waals surface area contributed by atoms with Crippen molar-refractivity contribution in [2.45, 2.75) is 315 Å². The van der Waals surface area contributed by atoms with Gasteiger partial charge in [0.2, 0.25) is 5.91 Å². The van der Waals surface area contributed by atoms with Gasteiger partial charge in [-0.25, -0.2) is 0 Å². The number of aliphatic hydroxyl groups is 2. The van der Waals surface area contributed by atoms with Crippen molar-refractivity contribution < 1.29 is 24.5 Å². The van der Waals surface area contributed by atoms with Crippen molar-refractivity contribution in [2.75, 3.05) is 13.2 Å². The molecule has 0 aliphatic carbocycles. The minimum atomic E-state index is -0.673. The molecule has 6 heteroatoms. The molecule has 372 valence electrons. The van der Waals surface area contributed by atoms with Crippen LogP contribution in [0.5, 0.6) is 0 Å². The molecule has 0 aliphatic rings. The molecule has 3 N–H and O–H groups in total. The molecule has 0 aromatic heterocycles. The molecule has 2 unspecified atom stereocenters. The number of hydrogen-bond acceptors (Lipinski definition) is 5. The highest BCUT2D eigenvalue weighted by molar-refractivity contribution is 5.76. The fourth-order valence-corrected chi connectivity index (χ4v) is 8.67. The van der Waals surface area contributed by atoms with E-state index in [2.05, 4.69) is 43.5 Å². The van der Waals surface area contributed by atoms with E-state index in [0.717, 1.165) is 57.8 Å². The minimum absolute atomic E-state index is 0.0184. The Morgan fingerprint density at radius 3 is 1.22 bits per heavy atom. The van der Waals surface area contributed by atoms with E-state index in [-0.39, 0.29) is 18.5 Å². The SMILES string of the molecule is CCCCCC/C=C\C/C=C\CCCCCCCC(=O)OCCCCCCCCCCCCCCCC(=O)NC(CO)C(O)CCCCCCCCCCCCCCCCCCC. The topological polar surface area (TPSA) is 95.9 Å². The molecule has 0 aliphatic heterocycles. The second-order valence-electron chi connectivity index (χ2n) is 19.3. The van der Waals surface area contributed by atoms with E-state index in [1.807, 2.05) is 0 Å². The Kier molecular flexibility index (Phi) is 51.6. The zero-order valence-electron chi connectivity index (χ0n) is 42.3. The van der Waals surface area contributed by atoms with E-state index in [4.69, 9.17) is 4.74 Å². The lowest BCUT2D eigenvalue weighted by molar-refractivity contribution is -0.143. The maximum Gasteiger partial charge on any atom is 0.305 e. The van der Waals surface area contributed by atoms with Gasteiger partial charge in [-0.1, -0.05) is 256 Å². The van der Waals surface area contributed by atoms with Gasteiger partial charge in [0, 0.05) is 12.8 Å². The molecule has 0 spiro atoms. The summed E-state index contributed by atoms with van der Waals surface area (Å²) in [7, 11) is 0. The van der Waals surface area contributed by atoms with Crippen LogP contribution >= 0.6 is 0 Å². The number of aliphatic hydroxyl groups excluding tert-OH is 2. The smallest absolute Gasteiger partial charge is 0.305 e. The molecule has 0 rings (SSSR count). The van der Waals surface area contributed by atoms with Crippen LogP contribution in [-0.4, -0.2) is 47.4 Å². The highest BCUT2D eigenvalue weighted by Crippen LogP contribution is 2.17. The molecule has 63 heavy (non-hydrogen) atoms. The third-order valence-corrected chi connectivity index (χ3v) is 13.0. The number of unbranched alkanes of at least 4 members (excludes halogenated alkanes) is 37. The molecule has 0 radical (unpaired) electrons. The fraction of sp³-hybridized carbons (Fsp3) is 0.895. The second kappa shape index (κ2) is 53.0. The normalized spacial score (nSPS) is 12.8. The summed E-state index contributed by atoms with van der Waals surface area (Å²) in [5, 5.41) is 23.3. The molecule has 0 heterocycles. The van der Waals surface area contributed by atoms with Gasteiger partial charge in [0.25, 0.3) is 0 Å². The third kappa shape index (κ3) is 49.6. The molecule has 0 aromatic carbocycles. The van der Waals surface area contributed by atoms with Crippen LogP contribution in [0.15, 0.2) is 24.3 Å². The molecule has 2 atom stereocenters. The van der Waals surface area contributed by atoms with Crippen LogP contribution in [0.4, 0.5) is 0 Å². The Morgan fingerprint density at radius 2 is 0.794 bits per heavy atom. The van der Waals surface area contributed by atoms with Gasteiger partial charge in [-0.15, -0.1) is 0 Å². The largest absolute Gasteiger partial charge is 0.466 e. The zero-order valence-corrected chi connectivity index (χ0v) is 42.3. The van der Waals surface area contributed by atoms with E-state index in [0.29, 0.717) is 25.9 Å². The number of carbonyl (C=O) groups excluding carboxylic acids is 2. The summed E-state index contributed by atoms with van der Waals surface area (Å²) in [5.41, 5.74) is 0. The highest BCUT2D eigenvalue weighted by Gasteiger charge is 2.20. The van der Waals surface area contributed by atoms with Crippen LogP contribution in [0.3, 0.4) is 0 Å². The fourth-order valence-electron chi connectivity index (χ4n) is 8.67. The van der Waals surface area contributed by atoms with E-state index >= 15 is 0 Å². The Bertz CT molecular complexity index is 982. The molecular weight excluding hydrogens is 779 g/mol. The minimum Gasteiger partial charge on any atom is -0.466 e. The Hall–Kier alpha value is -1.66. The lowest BCUT2D eigenvalue weighted by atomic mass is 10.0. The Labute approximate surface area is 392 Å². The number of esters is 1. The molecule has 0 saturated heterocycles. The van der Waals surface area contributed by atoms with Crippen molar-refractivity contribution in [3.8, 4) is 0 Å². The lowest BCUT2D eigenvalue weighted by Crippen LogP contribution is -2.45. The first-order valence-electron chi connectivity index (χ1n) is 28.1. The monoisotopic (exact) mass is 888 g/mol. The first-order chi connectivity index (χ1) is 31.0. The van der Waals surface area contributed by atoms with Crippen LogP contribution in [-0.2, 0) is 14.3 Å². The van der Waals surface area contributed by atoms with Gasteiger partial charge in [-0.05, 0) is 57.8 Å². The first kappa shape index (κ1) is 61.3. The van der Waals surface area contributed by atoms with Gasteiger partial charge in [0.15, 0.2) is 0 Å². The van der Waals surface area contributed by atoms with Crippen molar-refractivity contribution in [1.82, 2.24) is 5.32 Å². The predicted octanol–water partition coefficient (Wildman–Crippen LogP) is 17.1. The van der Waals surface area contributed by atoms with Crippen LogP contribution < -0.4 is 5.32 Å². The maximum atomic E-state index is 12.5. The van der Waals surface area contributed by atoms with Gasteiger partial charge >= 0.3 is 5.97 Å². The van der Waals surface area contributed by atoms with Gasteiger partial charge in [0.1, 0.15) is 0 Å². The van der Waals surface area contributed by atoms with Crippen LogP contribution in [0.25, 0.3) is 0 Å². The third-order valence-electron chi connectivity index (χ3n) is 13.0. The number of ether oxygens (including phenoxy) is 1. The molecule has 6 nitrogen and oxygen atoms in total.